The fourth-order valence-corrected chi connectivity index (χ4v) is 2.73. The monoisotopic (exact) mass is 258 g/mol. The van der Waals surface area contributed by atoms with Crippen LogP contribution in [0.1, 0.15) is 11.4 Å². The van der Waals surface area contributed by atoms with Gasteiger partial charge in [0.1, 0.15) is 5.82 Å². The van der Waals surface area contributed by atoms with Gasteiger partial charge < -0.3 is 4.57 Å². The van der Waals surface area contributed by atoms with Gasteiger partial charge in [-0.3, -0.25) is 0 Å². The highest BCUT2D eigenvalue weighted by molar-refractivity contribution is 8.13. The Kier molecular flexibility index (Phi) is 2.67. The molecule has 0 aliphatic rings. The maximum Gasteiger partial charge on any atom is 0.236 e. The van der Waals surface area contributed by atoms with Gasteiger partial charge in [-0.2, -0.15) is 0 Å². The minimum absolute atomic E-state index is 0.176. The van der Waals surface area contributed by atoms with Gasteiger partial charge in [0.25, 0.3) is 0 Å². The van der Waals surface area contributed by atoms with Crippen LogP contribution in [0.5, 0.6) is 0 Å². The molecule has 0 amide bonds. The molecule has 2 rings (SSSR count). The molecule has 0 N–H and O–H groups in total. The lowest BCUT2D eigenvalue weighted by atomic mass is 10.2. The lowest BCUT2D eigenvalue weighted by Gasteiger charge is -2.03. The molecule has 1 aromatic heterocycles. The Labute approximate surface area is 98.3 Å². The zero-order valence-corrected chi connectivity index (χ0v) is 10.5. The van der Waals surface area contributed by atoms with Crippen molar-refractivity contribution in [1.29, 1.82) is 0 Å². The summed E-state index contributed by atoms with van der Waals surface area (Å²) in [6, 6.07) is 5.39. The van der Waals surface area contributed by atoms with Gasteiger partial charge >= 0.3 is 0 Å². The van der Waals surface area contributed by atoms with E-state index in [2.05, 4.69) is 4.98 Å². The molecule has 1 heterocycles. The summed E-state index contributed by atoms with van der Waals surface area (Å²) in [5, 5.41) is 0. The molecule has 4 nitrogen and oxygen atoms in total. The summed E-state index contributed by atoms with van der Waals surface area (Å²) in [7, 11) is 3.58. The van der Waals surface area contributed by atoms with Crippen molar-refractivity contribution in [2.45, 2.75) is 12.7 Å². The minimum atomic E-state index is -3.55. The molecule has 86 valence electrons. The second-order valence-corrected chi connectivity index (χ2v) is 6.46. The van der Waals surface area contributed by atoms with Crippen LogP contribution in [0.2, 0.25) is 0 Å². The molecule has 0 aliphatic carbocycles. The largest absolute Gasteiger partial charge is 0.331 e. The number of aryl methyl sites for hydroxylation is 2. The standard InChI is InChI=1S/C10H11ClN2O2S/c1-7-12-9-5-3-4-8(6-16(11,14)15)10(9)13(7)2/h3-5H,6H2,1-2H3. The molecule has 0 radical (unpaired) electrons. The first-order valence-electron chi connectivity index (χ1n) is 4.72. The van der Waals surface area contributed by atoms with E-state index in [0.717, 1.165) is 16.9 Å². The smallest absolute Gasteiger partial charge is 0.236 e. The van der Waals surface area contributed by atoms with Gasteiger partial charge in [0.05, 0.1) is 16.8 Å². The van der Waals surface area contributed by atoms with Crippen LogP contribution in [0.3, 0.4) is 0 Å². The summed E-state index contributed by atoms with van der Waals surface area (Å²) < 4.78 is 24.1. The Morgan fingerprint density at radius 1 is 1.44 bits per heavy atom. The van der Waals surface area contributed by atoms with Crippen LogP contribution in [0.4, 0.5) is 0 Å². The molecule has 0 unspecified atom stereocenters. The number of para-hydroxylation sites is 1. The van der Waals surface area contributed by atoms with Crippen molar-refractivity contribution in [1.82, 2.24) is 9.55 Å². The maximum absolute atomic E-state index is 11.1. The lowest BCUT2D eigenvalue weighted by Crippen LogP contribution is -1.99. The van der Waals surface area contributed by atoms with Gasteiger partial charge in [-0.25, -0.2) is 13.4 Å². The third-order valence-corrected chi connectivity index (χ3v) is 3.51. The Balaban J connectivity index is 2.70. The zero-order chi connectivity index (χ0) is 11.9. The van der Waals surface area contributed by atoms with Gasteiger partial charge in [-0.05, 0) is 18.6 Å². The van der Waals surface area contributed by atoms with Crippen LogP contribution < -0.4 is 0 Å². The number of rotatable bonds is 2. The second kappa shape index (κ2) is 3.75. The molecule has 0 fully saturated rings. The summed E-state index contributed by atoms with van der Waals surface area (Å²) in [5.74, 6) is 0.666. The molecule has 0 spiro atoms. The van der Waals surface area contributed by atoms with E-state index < -0.39 is 9.05 Å². The third kappa shape index (κ3) is 2.05. The summed E-state index contributed by atoms with van der Waals surface area (Å²) >= 11 is 0. The van der Waals surface area contributed by atoms with E-state index in [1.54, 1.807) is 12.1 Å². The number of halogens is 1. The number of aromatic nitrogens is 2. The van der Waals surface area contributed by atoms with Gasteiger partial charge in [-0.15, -0.1) is 0 Å². The summed E-state index contributed by atoms with van der Waals surface area (Å²) in [6.45, 7) is 1.87. The fourth-order valence-electron chi connectivity index (χ4n) is 1.77. The topological polar surface area (TPSA) is 52.0 Å². The maximum atomic E-state index is 11.1. The molecule has 6 heteroatoms. The van der Waals surface area contributed by atoms with Crippen LogP contribution in [0.15, 0.2) is 18.2 Å². The molecular formula is C10H11ClN2O2S. The molecule has 0 bridgehead atoms. The van der Waals surface area contributed by atoms with Gasteiger partial charge in [0.2, 0.25) is 9.05 Å². The normalized spacial score (nSPS) is 12.2. The summed E-state index contributed by atoms with van der Waals surface area (Å²) in [4.78, 5) is 4.33. The van der Waals surface area contributed by atoms with E-state index in [9.17, 15) is 8.42 Å². The van der Waals surface area contributed by atoms with Crippen molar-refractivity contribution in [2.24, 2.45) is 7.05 Å². The SMILES string of the molecule is Cc1nc2cccc(CS(=O)(=O)Cl)c2n1C. The molecular weight excluding hydrogens is 248 g/mol. The first-order chi connectivity index (χ1) is 7.38. The molecule has 0 saturated heterocycles. The highest BCUT2D eigenvalue weighted by Crippen LogP contribution is 2.22. The Hall–Kier alpha value is -1.07. The van der Waals surface area contributed by atoms with Crippen LogP contribution in [0, 0.1) is 6.92 Å². The van der Waals surface area contributed by atoms with Crippen LogP contribution in [-0.2, 0) is 21.9 Å². The van der Waals surface area contributed by atoms with Crippen molar-refractivity contribution in [2.75, 3.05) is 0 Å². The molecule has 0 aliphatic heterocycles. The summed E-state index contributed by atoms with van der Waals surface area (Å²) in [5.41, 5.74) is 2.29. The average molecular weight is 259 g/mol. The van der Waals surface area contributed by atoms with Crippen molar-refractivity contribution in [3.8, 4) is 0 Å². The van der Waals surface area contributed by atoms with Crippen molar-refractivity contribution in [3.05, 3.63) is 29.6 Å². The van der Waals surface area contributed by atoms with Crippen LogP contribution in [0.25, 0.3) is 11.0 Å². The van der Waals surface area contributed by atoms with Gasteiger partial charge in [-0.1, -0.05) is 12.1 Å². The van der Waals surface area contributed by atoms with E-state index in [1.165, 1.54) is 0 Å². The van der Waals surface area contributed by atoms with Crippen molar-refractivity contribution < 1.29 is 8.42 Å². The number of fused-ring (bicyclic) bond motifs is 1. The molecule has 16 heavy (non-hydrogen) atoms. The average Bonchev–Trinajstić information content (AvgIpc) is 2.41. The fraction of sp³-hybridized carbons (Fsp3) is 0.300. The molecule has 1 aromatic carbocycles. The highest BCUT2D eigenvalue weighted by atomic mass is 35.7. The van der Waals surface area contributed by atoms with E-state index in [-0.39, 0.29) is 5.75 Å². The number of imidazole rings is 1. The predicted octanol–water partition coefficient (Wildman–Crippen LogP) is 1.95. The van der Waals surface area contributed by atoms with E-state index in [4.69, 9.17) is 10.7 Å². The van der Waals surface area contributed by atoms with E-state index in [1.807, 2.05) is 24.6 Å². The van der Waals surface area contributed by atoms with Crippen LogP contribution >= 0.6 is 10.7 Å². The third-order valence-electron chi connectivity index (χ3n) is 2.53. The Morgan fingerprint density at radius 3 is 2.75 bits per heavy atom. The Morgan fingerprint density at radius 2 is 2.12 bits per heavy atom. The molecule has 0 saturated carbocycles. The minimum Gasteiger partial charge on any atom is -0.331 e. The van der Waals surface area contributed by atoms with E-state index >= 15 is 0 Å². The van der Waals surface area contributed by atoms with Crippen molar-refractivity contribution in [3.63, 3.8) is 0 Å². The van der Waals surface area contributed by atoms with E-state index in [0.29, 0.717) is 5.56 Å². The second-order valence-electron chi connectivity index (χ2n) is 3.69. The predicted molar refractivity (Wildman–Crippen MR) is 63.9 cm³/mol. The molecule has 0 atom stereocenters. The van der Waals surface area contributed by atoms with Crippen molar-refractivity contribution >= 4 is 30.8 Å². The number of nitrogens with zero attached hydrogens (tertiary/aromatic N) is 2. The first-order valence-corrected chi connectivity index (χ1v) is 7.19. The molecule has 2 aromatic rings. The zero-order valence-electron chi connectivity index (χ0n) is 8.94. The van der Waals surface area contributed by atoms with Gasteiger partial charge in [0.15, 0.2) is 0 Å². The number of benzene rings is 1. The summed E-state index contributed by atoms with van der Waals surface area (Å²) in [6.07, 6.45) is 0. The number of hydrogen-bond donors (Lipinski definition) is 0. The van der Waals surface area contributed by atoms with Crippen LogP contribution in [-0.4, -0.2) is 18.0 Å². The quantitative estimate of drug-likeness (QED) is 0.774. The highest BCUT2D eigenvalue weighted by Gasteiger charge is 2.13. The lowest BCUT2D eigenvalue weighted by molar-refractivity contribution is 0.609. The number of hydrogen-bond acceptors (Lipinski definition) is 3. The first kappa shape index (κ1) is 11.4. The van der Waals surface area contributed by atoms with Gasteiger partial charge in [0, 0.05) is 17.7 Å². The Bertz CT molecular complexity index is 646.